The third kappa shape index (κ3) is 7.84. The second kappa shape index (κ2) is 16.9. The monoisotopic (exact) mass is 790 g/mol. The summed E-state index contributed by atoms with van der Waals surface area (Å²) in [6.45, 7) is 11.0. The molecule has 14 nitrogen and oxygen atoms in total. The van der Waals surface area contributed by atoms with Crippen LogP contribution in [0.5, 0.6) is 0 Å². The first kappa shape index (κ1) is 40.3. The first-order valence-corrected chi connectivity index (χ1v) is 20.2. The van der Waals surface area contributed by atoms with Crippen molar-refractivity contribution < 1.29 is 28.7 Å². The second-order valence-corrected chi connectivity index (χ2v) is 16.1. The molecule has 14 heteroatoms. The minimum atomic E-state index is -0.694. The molecule has 2 fully saturated rings. The molecule has 58 heavy (non-hydrogen) atoms. The van der Waals surface area contributed by atoms with E-state index in [0.717, 1.165) is 77.4 Å². The summed E-state index contributed by atoms with van der Waals surface area (Å²) < 4.78 is 9.56. The predicted octanol–water partition coefficient (Wildman–Crippen LogP) is 7.18. The third-order valence-corrected chi connectivity index (χ3v) is 11.8. The molecule has 7 rings (SSSR count). The van der Waals surface area contributed by atoms with Gasteiger partial charge in [0.25, 0.3) is 0 Å². The van der Waals surface area contributed by atoms with Crippen molar-refractivity contribution in [1.82, 2.24) is 40.4 Å². The average molecular weight is 791 g/mol. The lowest BCUT2D eigenvalue weighted by Gasteiger charge is -2.30. The van der Waals surface area contributed by atoms with Gasteiger partial charge in [-0.2, -0.15) is 0 Å². The van der Waals surface area contributed by atoms with Gasteiger partial charge in [-0.05, 0) is 84.3 Å². The predicted molar refractivity (Wildman–Crippen MR) is 220 cm³/mol. The minimum absolute atomic E-state index is 0.108. The number of aromatic nitrogens is 4. The van der Waals surface area contributed by atoms with Gasteiger partial charge in [0.2, 0.25) is 11.8 Å². The molecule has 4 atom stereocenters. The van der Waals surface area contributed by atoms with Gasteiger partial charge in [-0.25, -0.2) is 19.6 Å². The number of likely N-dealkylation sites (tertiary alicyclic amines) is 2. The normalized spacial score (nSPS) is 18.6. The van der Waals surface area contributed by atoms with Crippen LogP contribution in [-0.4, -0.2) is 93.1 Å². The van der Waals surface area contributed by atoms with Crippen LogP contribution in [0.2, 0.25) is 0 Å². The molecule has 0 radical (unpaired) electrons. The SMILES string of the molecule is COC(=O)N[C@H](C(=O)N1CCC[C@H]1c1ncc(-c2ccc(-c3ccc(-c4cnc([C@@H]5CCCN5C(=O)[C@@H](NC(=O)OC)C(C)C)[nH]4)c4c3C(C)=CC4)cc2)[nH]1)C(C)C. The number of carbonyl (C=O) groups is 4. The number of rotatable bonds is 11. The van der Waals surface area contributed by atoms with Crippen LogP contribution in [0.1, 0.15) is 95.2 Å². The van der Waals surface area contributed by atoms with Crippen molar-refractivity contribution >= 4 is 29.6 Å². The van der Waals surface area contributed by atoms with Crippen molar-refractivity contribution in [3.63, 3.8) is 0 Å². The molecular weight excluding hydrogens is 737 g/mol. The van der Waals surface area contributed by atoms with E-state index >= 15 is 0 Å². The van der Waals surface area contributed by atoms with Gasteiger partial charge in [0.05, 0.1) is 50.1 Å². The van der Waals surface area contributed by atoms with Gasteiger partial charge in [-0.3, -0.25) is 9.59 Å². The molecule has 306 valence electrons. The molecule has 2 saturated heterocycles. The van der Waals surface area contributed by atoms with E-state index in [2.05, 4.69) is 70.0 Å². The third-order valence-electron chi connectivity index (χ3n) is 11.8. The van der Waals surface area contributed by atoms with Gasteiger partial charge < -0.3 is 39.9 Å². The Morgan fingerprint density at radius 2 is 1.19 bits per heavy atom. The summed E-state index contributed by atoms with van der Waals surface area (Å²) in [6.07, 6.45) is 8.75. The first-order valence-electron chi connectivity index (χ1n) is 20.2. The van der Waals surface area contributed by atoms with Crippen LogP contribution in [-0.2, 0) is 25.5 Å². The number of nitrogens with zero attached hydrogens (tertiary/aromatic N) is 4. The molecule has 1 aliphatic carbocycles. The quantitative estimate of drug-likeness (QED) is 0.124. The largest absolute Gasteiger partial charge is 0.453 e. The van der Waals surface area contributed by atoms with Crippen LogP contribution in [0.3, 0.4) is 0 Å². The number of alkyl carbamates (subject to hydrolysis) is 2. The lowest BCUT2D eigenvalue weighted by atomic mass is 9.90. The number of hydrogen-bond acceptors (Lipinski definition) is 8. The molecule has 4 amide bonds. The van der Waals surface area contributed by atoms with Crippen molar-refractivity contribution in [2.75, 3.05) is 27.3 Å². The topological polar surface area (TPSA) is 175 Å². The Hall–Kier alpha value is -5.92. The Kier molecular flexibility index (Phi) is 11.7. The molecule has 4 heterocycles. The van der Waals surface area contributed by atoms with Gasteiger partial charge in [-0.15, -0.1) is 0 Å². The number of amides is 4. The van der Waals surface area contributed by atoms with Gasteiger partial charge >= 0.3 is 12.2 Å². The highest BCUT2D eigenvalue weighted by atomic mass is 16.5. The highest BCUT2D eigenvalue weighted by Gasteiger charge is 2.39. The minimum Gasteiger partial charge on any atom is -0.453 e. The zero-order valence-electron chi connectivity index (χ0n) is 34.3. The summed E-state index contributed by atoms with van der Waals surface area (Å²) in [4.78, 5) is 71.6. The number of benzene rings is 2. The fourth-order valence-electron chi connectivity index (χ4n) is 8.67. The number of allylic oxidation sites excluding steroid dienone is 2. The molecule has 0 bridgehead atoms. The zero-order valence-corrected chi connectivity index (χ0v) is 34.3. The molecule has 4 N–H and O–H groups in total. The molecular formula is C44H54N8O6. The molecule has 0 saturated carbocycles. The van der Waals surface area contributed by atoms with Crippen molar-refractivity contribution in [1.29, 1.82) is 0 Å². The van der Waals surface area contributed by atoms with Crippen molar-refractivity contribution in [2.45, 2.75) is 90.9 Å². The number of fused-ring (bicyclic) bond motifs is 1. The Morgan fingerprint density at radius 3 is 1.71 bits per heavy atom. The van der Waals surface area contributed by atoms with Crippen molar-refractivity contribution in [3.05, 3.63) is 77.6 Å². The average Bonchev–Trinajstić information content (AvgIpc) is 4.08. The number of hydrogen-bond donors (Lipinski definition) is 4. The maximum Gasteiger partial charge on any atom is 0.407 e. The molecule has 0 spiro atoms. The Labute approximate surface area is 339 Å². The molecule has 4 aromatic rings. The highest BCUT2D eigenvalue weighted by Crippen LogP contribution is 2.42. The number of ether oxygens (including phenoxy) is 2. The van der Waals surface area contributed by atoms with Crippen LogP contribution in [0.4, 0.5) is 9.59 Å². The van der Waals surface area contributed by atoms with Crippen LogP contribution in [0.25, 0.3) is 39.2 Å². The van der Waals surface area contributed by atoms with E-state index in [1.165, 1.54) is 30.9 Å². The van der Waals surface area contributed by atoms with E-state index in [9.17, 15) is 19.2 Å². The summed E-state index contributed by atoms with van der Waals surface area (Å²) in [5.74, 6) is 0.971. The van der Waals surface area contributed by atoms with E-state index in [1.54, 1.807) is 0 Å². The Balaban J connectivity index is 1.09. The van der Waals surface area contributed by atoms with Gasteiger partial charge in [0.15, 0.2) is 0 Å². The lowest BCUT2D eigenvalue weighted by Crippen LogP contribution is -2.51. The number of aromatic amines is 2. The smallest absolute Gasteiger partial charge is 0.407 e. The number of nitrogens with one attached hydrogen (secondary N) is 4. The summed E-state index contributed by atoms with van der Waals surface area (Å²) >= 11 is 0. The molecule has 3 aliphatic rings. The van der Waals surface area contributed by atoms with E-state index < -0.39 is 24.3 Å². The lowest BCUT2D eigenvalue weighted by molar-refractivity contribution is -0.136. The van der Waals surface area contributed by atoms with E-state index in [0.29, 0.717) is 13.1 Å². The van der Waals surface area contributed by atoms with Crippen molar-refractivity contribution in [3.8, 4) is 33.6 Å². The van der Waals surface area contributed by atoms with E-state index in [4.69, 9.17) is 19.4 Å². The number of imidazole rings is 2. The first-order chi connectivity index (χ1) is 27.9. The van der Waals surface area contributed by atoms with E-state index in [1.807, 2.05) is 49.9 Å². The highest BCUT2D eigenvalue weighted by molar-refractivity contribution is 5.90. The Morgan fingerprint density at radius 1 is 0.707 bits per heavy atom. The van der Waals surface area contributed by atoms with Gasteiger partial charge in [0, 0.05) is 18.7 Å². The molecule has 2 aromatic heterocycles. The van der Waals surface area contributed by atoms with Gasteiger partial charge in [0.1, 0.15) is 23.7 Å². The number of carbonyl (C=O) groups excluding carboxylic acids is 4. The van der Waals surface area contributed by atoms with Gasteiger partial charge in [-0.1, -0.05) is 70.2 Å². The summed E-state index contributed by atoms with van der Waals surface area (Å²) in [6, 6.07) is 11.0. The van der Waals surface area contributed by atoms with Crippen LogP contribution < -0.4 is 10.6 Å². The van der Waals surface area contributed by atoms with E-state index in [-0.39, 0.29) is 35.7 Å². The van der Waals surface area contributed by atoms with Crippen LogP contribution in [0, 0.1) is 11.8 Å². The summed E-state index contributed by atoms with van der Waals surface area (Å²) in [5, 5.41) is 5.42. The second-order valence-electron chi connectivity index (χ2n) is 16.1. The summed E-state index contributed by atoms with van der Waals surface area (Å²) in [5.41, 5.74) is 9.73. The van der Waals surface area contributed by atoms with Crippen molar-refractivity contribution in [2.24, 2.45) is 11.8 Å². The van der Waals surface area contributed by atoms with Crippen LogP contribution in [0.15, 0.2) is 54.9 Å². The number of H-pyrrole nitrogens is 2. The zero-order chi connectivity index (χ0) is 41.2. The molecule has 2 aliphatic heterocycles. The fourth-order valence-corrected chi connectivity index (χ4v) is 8.67. The maximum absolute atomic E-state index is 13.7. The standard InChI is InChI=1S/C44H54N8O6/c1-24(2)37(49-43(55)57-6)41(53)51-20-8-10-34(51)39-45-22-32(47-39)28-15-13-27(14-16-28)29-18-19-30(31-17-12-26(5)36(29)31)33-23-46-40(48-33)35-11-9-21-52(35)42(54)38(25(3)4)50-44(56)58-7/h12-16,18-19,22-25,34-35,37-38H,8-11,17,20-21H2,1-7H3,(H,45,47)(H,46,48)(H,49,55)(H,50,56)/t34-,35-,37-,38-/m0/s1. The molecule has 0 unspecified atom stereocenters. The maximum atomic E-state index is 13.7. The Bertz CT molecular complexity index is 2200. The molecule has 2 aromatic carbocycles. The van der Waals surface area contributed by atoms with Crippen LogP contribution >= 0.6 is 0 Å². The fraction of sp³-hybridized carbons (Fsp3) is 0.455. The summed E-state index contributed by atoms with van der Waals surface area (Å²) in [7, 11) is 2.59. The number of methoxy groups -OCH3 is 2.